The van der Waals surface area contributed by atoms with E-state index in [1.54, 1.807) is 4.68 Å². The highest BCUT2D eigenvalue weighted by Gasteiger charge is 2.11. The second-order valence-corrected chi connectivity index (χ2v) is 5.00. The number of benzene rings is 1. The lowest BCUT2D eigenvalue weighted by Gasteiger charge is -2.09. The van der Waals surface area contributed by atoms with Crippen LogP contribution in [-0.4, -0.2) is 20.0 Å². The lowest BCUT2D eigenvalue weighted by molar-refractivity contribution is 0.639. The summed E-state index contributed by atoms with van der Waals surface area (Å²) in [7, 11) is 0. The van der Waals surface area contributed by atoms with Crippen molar-refractivity contribution >= 4 is 22.5 Å². The van der Waals surface area contributed by atoms with Crippen molar-refractivity contribution in [2.75, 3.05) is 0 Å². The van der Waals surface area contributed by atoms with E-state index in [4.69, 9.17) is 17.3 Å². The first-order chi connectivity index (χ1) is 9.69. The maximum absolute atomic E-state index is 6.41. The van der Waals surface area contributed by atoms with Crippen molar-refractivity contribution in [3.8, 4) is 0 Å². The molecule has 0 bridgehead atoms. The quantitative estimate of drug-likeness (QED) is 0.802. The molecule has 0 radical (unpaired) electrons. The number of hydrogen-bond donors (Lipinski definition) is 1. The zero-order valence-electron chi connectivity index (χ0n) is 11.0. The molecule has 6 heteroatoms. The van der Waals surface area contributed by atoms with Crippen molar-refractivity contribution in [1.82, 2.24) is 20.0 Å². The number of pyridine rings is 1. The van der Waals surface area contributed by atoms with Crippen molar-refractivity contribution in [3.05, 3.63) is 52.4 Å². The number of aryl methyl sites for hydroxylation is 1. The molecule has 2 heterocycles. The van der Waals surface area contributed by atoms with Crippen molar-refractivity contribution in [2.45, 2.75) is 20.0 Å². The van der Waals surface area contributed by atoms with Crippen LogP contribution in [0.2, 0.25) is 5.02 Å². The largest absolute Gasteiger partial charge is 0.325 e. The lowest BCUT2D eigenvalue weighted by Crippen LogP contribution is -2.05. The Morgan fingerprint density at radius 1 is 1.30 bits per heavy atom. The predicted molar refractivity (Wildman–Crippen MR) is 78.5 cm³/mol. The SMILES string of the molecule is Cc1c(Cl)c(Cn2cc(CN)nn2)nc2ccccc12. The molecule has 1 aromatic carbocycles. The number of nitrogens with two attached hydrogens (primary N) is 1. The third-order valence-corrected chi connectivity index (χ3v) is 3.75. The highest BCUT2D eigenvalue weighted by atomic mass is 35.5. The van der Waals surface area contributed by atoms with Gasteiger partial charge in [-0.2, -0.15) is 0 Å². The number of aromatic nitrogens is 4. The third kappa shape index (κ3) is 2.26. The first kappa shape index (κ1) is 13.0. The second kappa shape index (κ2) is 5.19. The molecule has 0 aliphatic rings. The van der Waals surface area contributed by atoms with Gasteiger partial charge >= 0.3 is 0 Å². The highest BCUT2D eigenvalue weighted by molar-refractivity contribution is 6.32. The summed E-state index contributed by atoms with van der Waals surface area (Å²) in [5.41, 5.74) is 9.03. The van der Waals surface area contributed by atoms with Gasteiger partial charge in [-0.05, 0) is 18.6 Å². The van der Waals surface area contributed by atoms with Crippen molar-refractivity contribution < 1.29 is 0 Å². The van der Waals surface area contributed by atoms with E-state index in [9.17, 15) is 0 Å². The van der Waals surface area contributed by atoms with Crippen LogP contribution in [0.4, 0.5) is 0 Å². The van der Waals surface area contributed by atoms with E-state index >= 15 is 0 Å². The number of halogens is 1. The molecule has 3 rings (SSSR count). The monoisotopic (exact) mass is 287 g/mol. The average Bonchev–Trinajstić information content (AvgIpc) is 2.92. The second-order valence-electron chi connectivity index (χ2n) is 4.63. The van der Waals surface area contributed by atoms with Gasteiger partial charge in [0.05, 0.1) is 34.7 Å². The van der Waals surface area contributed by atoms with Crippen molar-refractivity contribution in [1.29, 1.82) is 0 Å². The summed E-state index contributed by atoms with van der Waals surface area (Å²) in [5.74, 6) is 0. The van der Waals surface area contributed by atoms with E-state index in [-0.39, 0.29) is 0 Å². The minimum absolute atomic E-state index is 0.373. The molecule has 2 aromatic heterocycles. The van der Waals surface area contributed by atoms with Gasteiger partial charge in [0.15, 0.2) is 0 Å². The van der Waals surface area contributed by atoms with Gasteiger partial charge in [0.2, 0.25) is 0 Å². The summed E-state index contributed by atoms with van der Waals surface area (Å²) in [6.45, 7) is 2.86. The van der Waals surface area contributed by atoms with Crippen LogP contribution in [0.5, 0.6) is 0 Å². The van der Waals surface area contributed by atoms with Gasteiger partial charge in [-0.3, -0.25) is 0 Å². The van der Waals surface area contributed by atoms with Crippen LogP contribution in [0, 0.1) is 6.92 Å². The van der Waals surface area contributed by atoms with Crippen LogP contribution < -0.4 is 5.73 Å². The smallest absolute Gasteiger partial charge is 0.0962 e. The minimum atomic E-state index is 0.373. The zero-order chi connectivity index (χ0) is 14.1. The first-order valence-electron chi connectivity index (χ1n) is 6.32. The molecule has 0 fully saturated rings. The van der Waals surface area contributed by atoms with Gasteiger partial charge in [-0.1, -0.05) is 35.0 Å². The van der Waals surface area contributed by atoms with Gasteiger partial charge in [0.1, 0.15) is 0 Å². The number of hydrogen-bond acceptors (Lipinski definition) is 4. The van der Waals surface area contributed by atoms with Crippen LogP contribution in [0.25, 0.3) is 10.9 Å². The number of rotatable bonds is 3. The molecule has 0 unspecified atom stereocenters. The Morgan fingerprint density at radius 2 is 2.10 bits per heavy atom. The summed E-state index contributed by atoms with van der Waals surface area (Å²) in [5, 5.41) is 9.73. The molecule has 5 nitrogen and oxygen atoms in total. The van der Waals surface area contributed by atoms with E-state index in [2.05, 4.69) is 15.3 Å². The van der Waals surface area contributed by atoms with Gasteiger partial charge in [0, 0.05) is 11.9 Å². The van der Waals surface area contributed by atoms with Crippen molar-refractivity contribution in [3.63, 3.8) is 0 Å². The molecule has 0 aliphatic heterocycles. The average molecular weight is 288 g/mol. The van der Waals surface area contributed by atoms with Crippen LogP contribution in [-0.2, 0) is 13.1 Å². The minimum Gasteiger partial charge on any atom is -0.325 e. The normalized spacial score (nSPS) is 11.2. The standard InChI is InChI=1S/C14H14ClN5/c1-9-11-4-2-3-5-12(11)17-13(14(9)15)8-20-7-10(6-16)18-19-20/h2-5,7H,6,8,16H2,1H3. The molecular formula is C14H14ClN5. The van der Waals surface area contributed by atoms with Gasteiger partial charge in [-0.25, -0.2) is 9.67 Å². The Kier molecular flexibility index (Phi) is 3.38. The molecule has 2 N–H and O–H groups in total. The Balaban J connectivity index is 2.05. The fourth-order valence-corrected chi connectivity index (χ4v) is 2.39. The highest BCUT2D eigenvalue weighted by Crippen LogP contribution is 2.27. The summed E-state index contributed by atoms with van der Waals surface area (Å²) >= 11 is 6.41. The molecule has 0 saturated heterocycles. The molecule has 0 amide bonds. The van der Waals surface area contributed by atoms with Crippen LogP contribution in [0.3, 0.4) is 0 Å². The molecule has 0 saturated carbocycles. The first-order valence-corrected chi connectivity index (χ1v) is 6.69. The number of nitrogens with zero attached hydrogens (tertiary/aromatic N) is 4. The fourth-order valence-electron chi connectivity index (χ4n) is 2.18. The van der Waals surface area contributed by atoms with Gasteiger partial charge < -0.3 is 5.73 Å². The number of para-hydroxylation sites is 1. The van der Waals surface area contributed by atoms with Crippen LogP contribution >= 0.6 is 11.6 Å². The fraction of sp³-hybridized carbons (Fsp3) is 0.214. The molecule has 102 valence electrons. The molecule has 3 aromatic rings. The van der Waals surface area contributed by atoms with Crippen molar-refractivity contribution in [2.24, 2.45) is 5.73 Å². The summed E-state index contributed by atoms with van der Waals surface area (Å²) in [6, 6.07) is 7.95. The van der Waals surface area contributed by atoms with Crippen LogP contribution in [0.15, 0.2) is 30.5 Å². The topological polar surface area (TPSA) is 69.6 Å². The summed E-state index contributed by atoms with van der Waals surface area (Å²) in [6.07, 6.45) is 1.81. The lowest BCUT2D eigenvalue weighted by atomic mass is 10.1. The molecule has 0 aliphatic carbocycles. The predicted octanol–water partition coefficient (Wildman–Crippen LogP) is 2.30. The van der Waals surface area contributed by atoms with Crippen LogP contribution in [0.1, 0.15) is 17.0 Å². The van der Waals surface area contributed by atoms with E-state index in [1.807, 2.05) is 37.4 Å². The molecule has 0 spiro atoms. The van der Waals surface area contributed by atoms with E-state index < -0.39 is 0 Å². The maximum Gasteiger partial charge on any atom is 0.0962 e. The molecular weight excluding hydrogens is 274 g/mol. The van der Waals surface area contributed by atoms with E-state index in [1.165, 1.54) is 0 Å². The number of fused-ring (bicyclic) bond motifs is 1. The van der Waals surface area contributed by atoms with Gasteiger partial charge in [0.25, 0.3) is 0 Å². The maximum atomic E-state index is 6.41. The third-order valence-electron chi connectivity index (χ3n) is 3.25. The van der Waals surface area contributed by atoms with Gasteiger partial charge in [-0.15, -0.1) is 5.10 Å². The molecule has 0 atom stereocenters. The zero-order valence-corrected chi connectivity index (χ0v) is 11.8. The van der Waals surface area contributed by atoms with E-state index in [0.29, 0.717) is 18.1 Å². The Morgan fingerprint density at radius 3 is 2.85 bits per heavy atom. The Hall–Kier alpha value is -1.98. The Bertz CT molecular complexity index is 765. The summed E-state index contributed by atoms with van der Waals surface area (Å²) < 4.78 is 1.70. The molecule has 20 heavy (non-hydrogen) atoms. The Labute approximate surface area is 121 Å². The summed E-state index contributed by atoms with van der Waals surface area (Å²) in [4.78, 5) is 4.61. The van der Waals surface area contributed by atoms with E-state index in [0.717, 1.165) is 27.9 Å².